The Morgan fingerprint density at radius 1 is 1.10 bits per heavy atom. The normalized spacial score (nSPS) is 13.4. The summed E-state index contributed by atoms with van der Waals surface area (Å²) in [6.45, 7) is 0.651. The molecule has 0 saturated carbocycles. The summed E-state index contributed by atoms with van der Waals surface area (Å²) in [7, 11) is 5.76. The van der Waals surface area contributed by atoms with Gasteiger partial charge in [0, 0.05) is 17.8 Å². The summed E-state index contributed by atoms with van der Waals surface area (Å²) < 4.78 is 0. The molecule has 0 bridgehead atoms. The number of rotatable bonds is 1. The maximum absolute atomic E-state index is 12.6. The van der Waals surface area contributed by atoms with Crippen molar-refractivity contribution >= 4 is 48.1 Å². The molecule has 1 amide bonds. The van der Waals surface area contributed by atoms with Gasteiger partial charge in [-0.25, -0.2) is 0 Å². The molecule has 0 spiro atoms. The summed E-state index contributed by atoms with van der Waals surface area (Å²) in [5.74, 6) is -0.0768. The Morgan fingerprint density at radius 3 is 2.65 bits per heavy atom. The molecule has 0 saturated heterocycles. The van der Waals surface area contributed by atoms with E-state index in [2.05, 4.69) is 0 Å². The van der Waals surface area contributed by atoms with Crippen LogP contribution in [0.1, 0.15) is 15.9 Å². The fourth-order valence-corrected chi connectivity index (χ4v) is 2.72. The van der Waals surface area contributed by atoms with Crippen molar-refractivity contribution in [2.24, 2.45) is 0 Å². The maximum Gasteiger partial charge on any atom is 0.258 e. The topological polar surface area (TPSA) is 20.3 Å². The molecular formula is C15H10BCl2NO. The zero-order chi connectivity index (χ0) is 14.3. The lowest BCUT2D eigenvalue weighted by Crippen LogP contribution is -2.28. The molecule has 20 heavy (non-hydrogen) atoms. The van der Waals surface area contributed by atoms with Crippen molar-refractivity contribution in [3.05, 3.63) is 57.6 Å². The molecule has 2 aromatic rings. The lowest BCUT2D eigenvalue weighted by molar-refractivity contribution is 0.0989. The molecule has 3 rings (SSSR count). The van der Waals surface area contributed by atoms with Crippen molar-refractivity contribution in [1.82, 2.24) is 0 Å². The van der Waals surface area contributed by atoms with Gasteiger partial charge < -0.3 is 4.90 Å². The molecule has 0 aromatic heterocycles. The minimum atomic E-state index is -0.0768. The van der Waals surface area contributed by atoms with E-state index < -0.39 is 0 Å². The molecule has 98 valence electrons. The van der Waals surface area contributed by atoms with E-state index in [1.165, 1.54) is 0 Å². The predicted molar refractivity (Wildman–Crippen MR) is 83.7 cm³/mol. The van der Waals surface area contributed by atoms with Gasteiger partial charge in [0.25, 0.3) is 5.91 Å². The van der Waals surface area contributed by atoms with Crippen molar-refractivity contribution in [2.45, 2.75) is 6.42 Å². The Morgan fingerprint density at radius 2 is 1.90 bits per heavy atom. The first-order chi connectivity index (χ1) is 9.56. The molecule has 0 unspecified atom stereocenters. The SMILES string of the molecule is [B]c1ccc2c(c1)CCN2C(=O)c1ccc(Cl)c(Cl)c1. The van der Waals surface area contributed by atoms with Gasteiger partial charge in [-0.3, -0.25) is 4.79 Å². The van der Waals surface area contributed by atoms with Gasteiger partial charge in [-0.2, -0.15) is 0 Å². The van der Waals surface area contributed by atoms with Crippen LogP contribution < -0.4 is 10.4 Å². The van der Waals surface area contributed by atoms with E-state index in [1.807, 2.05) is 12.1 Å². The third kappa shape index (κ3) is 2.32. The smallest absolute Gasteiger partial charge is 0.258 e. The number of fused-ring (bicyclic) bond motifs is 1. The highest BCUT2D eigenvalue weighted by atomic mass is 35.5. The summed E-state index contributed by atoms with van der Waals surface area (Å²) in [5.41, 5.74) is 3.25. The standard InChI is InChI=1S/C15H10BCl2NO/c16-11-2-4-14-9(7-11)5-6-19(14)15(20)10-1-3-12(17)13(18)8-10/h1-4,7-8H,5-6H2. The molecule has 1 aliphatic rings. The number of hydrogen-bond acceptors (Lipinski definition) is 1. The number of amides is 1. The molecule has 2 radical (unpaired) electrons. The molecule has 2 nitrogen and oxygen atoms in total. The molecular weight excluding hydrogens is 292 g/mol. The van der Waals surface area contributed by atoms with Gasteiger partial charge in [0.15, 0.2) is 0 Å². The van der Waals surface area contributed by atoms with Gasteiger partial charge in [-0.1, -0.05) is 40.8 Å². The highest BCUT2D eigenvalue weighted by Gasteiger charge is 2.25. The second-order valence-electron chi connectivity index (χ2n) is 4.72. The Balaban J connectivity index is 1.95. The van der Waals surface area contributed by atoms with Gasteiger partial charge in [0.2, 0.25) is 0 Å². The number of benzene rings is 2. The molecule has 0 aliphatic carbocycles. The van der Waals surface area contributed by atoms with Crippen LogP contribution in [-0.2, 0) is 6.42 Å². The van der Waals surface area contributed by atoms with E-state index in [1.54, 1.807) is 29.2 Å². The summed E-state index contributed by atoms with van der Waals surface area (Å²) >= 11 is 11.8. The van der Waals surface area contributed by atoms with Crippen molar-refractivity contribution in [3.8, 4) is 0 Å². The van der Waals surface area contributed by atoms with E-state index >= 15 is 0 Å². The Kier molecular flexibility index (Phi) is 3.49. The summed E-state index contributed by atoms with van der Waals surface area (Å²) in [4.78, 5) is 14.3. The quantitative estimate of drug-likeness (QED) is 0.742. The minimum Gasteiger partial charge on any atom is -0.308 e. The maximum atomic E-state index is 12.6. The van der Waals surface area contributed by atoms with Gasteiger partial charge in [-0.15, -0.1) is 0 Å². The summed E-state index contributed by atoms with van der Waals surface area (Å²) in [5, 5.41) is 0.826. The molecule has 0 atom stereocenters. The van der Waals surface area contributed by atoms with E-state index in [4.69, 9.17) is 31.0 Å². The number of carbonyl (C=O) groups excluding carboxylic acids is 1. The Labute approximate surface area is 128 Å². The minimum absolute atomic E-state index is 0.0768. The van der Waals surface area contributed by atoms with E-state index in [0.29, 0.717) is 27.6 Å². The van der Waals surface area contributed by atoms with Gasteiger partial charge in [0.05, 0.1) is 10.0 Å². The second-order valence-corrected chi connectivity index (χ2v) is 5.54. The van der Waals surface area contributed by atoms with Gasteiger partial charge in [-0.05, 0) is 36.2 Å². The third-order valence-corrected chi connectivity index (χ3v) is 4.15. The number of hydrogen-bond donors (Lipinski definition) is 0. The zero-order valence-corrected chi connectivity index (χ0v) is 12.1. The van der Waals surface area contributed by atoms with Crippen LogP contribution in [-0.4, -0.2) is 20.3 Å². The first-order valence-corrected chi connectivity index (χ1v) is 6.97. The molecule has 1 aliphatic heterocycles. The molecule has 0 N–H and O–H groups in total. The number of nitrogens with zero attached hydrogens (tertiary/aromatic N) is 1. The van der Waals surface area contributed by atoms with Crippen molar-refractivity contribution in [3.63, 3.8) is 0 Å². The highest BCUT2D eigenvalue weighted by Crippen LogP contribution is 2.29. The van der Waals surface area contributed by atoms with Crippen LogP contribution in [0.4, 0.5) is 5.69 Å². The van der Waals surface area contributed by atoms with Crippen molar-refractivity contribution < 1.29 is 4.79 Å². The lowest BCUT2D eigenvalue weighted by atomic mass is 9.93. The molecule has 5 heteroatoms. The van der Waals surface area contributed by atoms with Crippen LogP contribution in [0.2, 0.25) is 10.0 Å². The third-order valence-electron chi connectivity index (χ3n) is 3.41. The van der Waals surface area contributed by atoms with E-state index in [-0.39, 0.29) is 5.91 Å². The zero-order valence-electron chi connectivity index (χ0n) is 10.6. The second kappa shape index (κ2) is 5.15. The Bertz CT molecular complexity index is 702. The summed E-state index contributed by atoms with van der Waals surface area (Å²) in [6.07, 6.45) is 0.813. The van der Waals surface area contributed by atoms with Gasteiger partial charge in [0.1, 0.15) is 7.85 Å². The number of carbonyl (C=O) groups is 1. The van der Waals surface area contributed by atoms with Crippen molar-refractivity contribution in [2.75, 3.05) is 11.4 Å². The lowest BCUT2D eigenvalue weighted by Gasteiger charge is -2.18. The van der Waals surface area contributed by atoms with E-state index in [0.717, 1.165) is 17.7 Å². The first kappa shape index (κ1) is 13.5. The van der Waals surface area contributed by atoms with Crippen LogP contribution >= 0.6 is 23.2 Å². The van der Waals surface area contributed by atoms with Crippen LogP contribution in [0.15, 0.2) is 36.4 Å². The van der Waals surface area contributed by atoms with Crippen LogP contribution in [0.3, 0.4) is 0 Å². The average Bonchev–Trinajstić information content (AvgIpc) is 2.84. The fraction of sp³-hybridized carbons (Fsp3) is 0.133. The molecule has 0 fully saturated rings. The van der Waals surface area contributed by atoms with Crippen LogP contribution in [0, 0.1) is 0 Å². The predicted octanol–water partition coefficient (Wildman–Crippen LogP) is 2.99. The monoisotopic (exact) mass is 301 g/mol. The Hall–Kier alpha value is -1.45. The number of halogens is 2. The van der Waals surface area contributed by atoms with Crippen LogP contribution in [0.25, 0.3) is 0 Å². The molecule has 1 heterocycles. The highest BCUT2D eigenvalue weighted by molar-refractivity contribution is 6.42. The largest absolute Gasteiger partial charge is 0.308 e. The summed E-state index contributed by atoms with van der Waals surface area (Å²) in [6, 6.07) is 10.5. The fourth-order valence-electron chi connectivity index (χ4n) is 2.42. The average molecular weight is 302 g/mol. The van der Waals surface area contributed by atoms with Gasteiger partial charge >= 0.3 is 0 Å². The van der Waals surface area contributed by atoms with Crippen molar-refractivity contribution in [1.29, 1.82) is 0 Å². The van der Waals surface area contributed by atoms with E-state index in [9.17, 15) is 4.79 Å². The van der Waals surface area contributed by atoms with Crippen LogP contribution in [0.5, 0.6) is 0 Å². The number of anilines is 1. The molecule has 2 aromatic carbocycles. The first-order valence-electron chi connectivity index (χ1n) is 6.21.